The van der Waals surface area contributed by atoms with Gasteiger partial charge in [0.25, 0.3) is 0 Å². The monoisotopic (exact) mass is 322 g/mol. The molecule has 5 heteroatoms. The number of fused-ring (bicyclic) bond motifs is 1. The van der Waals surface area contributed by atoms with Crippen LogP contribution in [0.2, 0.25) is 0 Å². The van der Waals surface area contributed by atoms with Gasteiger partial charge in [-0.05, 0) is 38.5 Å². The number of hydrogen-bond donors (Lipinski definition) is 1. The lowest BCUT2D eigenvalue weighted by atomic mass is 9.82. The highest BCUT2D eigenvalue weighted by Gasteiger charge is 2.35. The summed E-state index contributed by atoms with van der Waals surface area (Å²) >= 11 is 0. The number of ether oxygens (including phenoxy) is 1. The number of morpholine rings is 1. The molecule has 0 spiro atoms. The fourth-order valence-corrected chi connectivity index (χ4v) is 4.38. The molecule has 1 N–H and O–H groups in total. The predicted octanol–water partition coefficient (Wildman–Crippen LogP) is 1.79. The van der Waals surface area contributed by atoms with Crippen molar-refractivity contribution >= 4 is 5.96 Å². The van der Waals surface area contributed by atoms with E-state index in [0.29, 0.717) is 6.04 Å². The molecule has 5 nitrogen and oxygen atoms in total. The van der Waals surface area contributed by atoms with Gasteiger partial charge in [0.05, 0.1) is 19.8 Å². The molecule has 3 unspecified atom stereocenters. The highest BCUT2D eigenvalue weighted by atomic mass is 16.5. The van der Waals surface area contributed by atoms with Crippen LogP contribution in [-0.4, -0.2) is 74.3 Å². The average Bonchev–Trinajstić information content (AvgIpc) is 2.99. The zero-order valence-corrected chi connectivity index (χ0v) is 15.0. The van der Waals surface area contributed by atoms with E-state index < -0.39 is 0 Å². The molecular formula is C18H34N4O. The van der Waals surface area contributed by atoms with E-state index in [-0.39, 0.29) is 0 Å². The van der Waals surface area contributed by atoms with Gasteiger partial charge in [0, 0.05) is 38.8 Å². The lowest BCUT2D eigenvalue weighted by Gasteiger charge is -2.32. The first kappa shape index (κ1) is 17.0. The minimum absolute atomic E-state index is 0.524. The van der Waals surface area contributed by atoms with Crippen molar-refractivity contribution in [3.8, 4) is 0 Å². The number of aliphatic imine (C=N–C) groups is 1. The van der Waals surface area contributed by atoms with E-state index in [1.54, 1.807) is 0 Å². The van der Waals surface area contributed by atoms with Gasteiger partial charge in [-0.3, -0.25) is 9.89 Å². The molecule has 3 fully saturated rings. The number of rotatable bonds is 4. The Morgan fingerprint density at radius 3 is 2.61 bits per heavy atom. The maximum absolute atomic E-state index is 5.52. The molecule has 23 heavy (non-hydrogen) atoms. The SMILES string of the molecule is CCNC(=NCCN1CCOCC1C)N1CC2CCCCC2C1. The van der Waals surface area contributed by atoms with Crippen molar-refractivity contribution in [1.82, 2.24) is 15.1 Å². The Balaban J connectivity index is 1.53. The molecule has 3 atom stereocenters. The van der Waals surface area contributed by atoms with Crippen LogP contribution in [0.4, 0.5) is 0 Å². The zero-order chi connectivity index (χ0) is 16.1. The minimum Gasteiger partial charge on any atom is -0.379 e. The van der Waals surface area contributed by atoms with Crippen LogP contribution in [0.3, 0.4) is 0 Å². The maximum Gasteiger partial charge on any atom is 0.193 e. The number of likely N-dealkylation sites (tertiary alicyclic amines) is 1. The molecule has 0 radical (unpaired) electrons. The molecule has 0 aromatic carbocycles. The van der Waals surface area contributed by atoms with Crippen molar-refractivity contribution < 1.29 is 4.74 Å². The number of nitrogens with zero attached hydrogens (tertiary/aromatic N) is 3. The summed E-state index contributed by atoms with van der Waals surface area (Å²) in [5, 5.41) is 3.52. The van der Waals surface area contributed by atoms with Crippen LogP contribution in [0.15, 0.2) is 4.99 Å². The highest BCUT2D eigenvalue weighted by Crippen LogP contribution is 2.35. The Bertz CT molecular complexity index is 386. The third-order valence-electron chi connectivity index (χ3n) is 5.76. The summed E-state index contributed by atoms with van der Waals surface area (Å²) in [7, 11) is 0. The summed E-state index contributed by atoms with van der Waals surface area (Å²) in [6.45, 7) is 12.5. The molecular weight excluding hydrogens is 288 g/mol. The van der Waals surface area contributed by atoms with Crippen LogP contribution >= 0.6 is 0 Å². The Hall–Kier alpha value is -0.810. The summed E-state index contributed by atoms with van der Waals surface area (Å²) in [5.74, 6) is 2.96. The van der Waals surface area contributed by atoms with Crippen molar-refractivity contribution in [2.75, 3.05) is 52.5 Å². The second kappa shape index (κ2) is 8.34. The Labute approximate surface area is 141 Å². The van der Waals surface area contributed by atoms with Gasteiger partial charge in [0.15, 0.2) is 5.96 Å². The van der Waals surface area contributed by atoms with Gasteiger partial charge in [0.2, 0.25) is 0 Å². The second-order valence-electron chi connectivity index (χ2n) is 7.41. The molecule has 0 aromatic rings. The largest absolute Gasteiger partial charge is 0.379 e. The lowest BCUT2D eigenvalue weighted by molar-refractivity contribution is 0.00139. The van der Waals surface area contributed by atoms with Gasteiger partial charge in [0.1, 0.15) is 0 Å². The van der Waals surface area contributed by atoms with Crippen molar-refractivity contribution in [3.05, 3.63) is 0 Å². The maximum atomic E-state index is 5.52. The van der Waals surface area contributed by atoms with Crippen LogP contribution < -0.4 is 5.32 Å². The molecule has 0 bridgehead atoms. The topological polar surface area (TPSA) is 40.1 Å². The van der Waals surface area contributed by atoms with Crippen LogP contribution in [-0.2, 0) is 4.74 Å². The summed E-state index contributed by atoms with van der Waals surface area (Å²) in [5.41, 5.74) is 0. The van der Waals surface area contributed by atoms with E-state index in [0.717, 1.165) is 57.2 Å². The fourth-order valence-electron chi connectivity index (χ4n) is 4.38. The van der Waals surface area contributed by atoms with E-state index >= 15 is 0 Å². The van der Waals surface area contributed by atoms with Gasteiger partial charge >= 0.3 is 0 Å². The second-order valence-corrected chi connectivity index (χ2v) is 7.41. The minimum atomic E-state index is 0.524. The van der Waals surface area contributed by atoms with Crippen LogP contribution in [0.1, 0.15) is 39.5 Å². The van der Waals surface area contributed by atoms with Crippen molar-refractivity contribution in [2.45, 2.75) is 45.6 Å². The first-order valence-corrected chi connectivity index (χ1v) is 9.63. The van der Waals surface area contributed by atoms with Crippen molar-refractivity contribution in [2.24, 2.45) is 16.8 Å². The third-order valence-corrected chi connectivity index (χ3v) is 5.76. The van der Waals surface area contributed by atoms with Crippen LogP contribution in [0.25, 0.3) is 0 Å². The quantitative estimate of drug-likeness (QED) is 0.633. The van der Waals surface area contributed by atoms with E-state index in [2.05, 4.69) is 29.0 Å². The Kier molecular flexibility index (Phi) is 6.17. The van der Waals surface area contributed by atoms with Crippen molar-refractivity contribution in [1.29, 1.82) is 0 Å². The van der Waals surface area contributed by atoms with Gasteiger partial charge < -0.3 is 15.0 Å². The smallest absolute Gasteiger partial charge is 0.193 e. The number of guanidine groups is 1. The number of hydrogen-bond acceptors (Lipinski definition) is 3. The van der Waals surface area contributed by atoms with Crippen molar-refractivity contribution in [3.63, 3.8) is 0 Å². The molecule has 2 aliphatic heterocycles. The summed E-state index contributed by atoms with van der Waals surface area (Å²) in [6, 6.07) is 0.524. The normalized spacial score (nSPS) is 32.9. The molecule has 1 saturated carbocycles. The first-order chi connectivity index (χ1) is 11.3. The first-order valence-electron chi connectivity index (χ1n) is 9.63. The summed E-state index contributed by atoms with van der Waals surface area (Å²) in [6.07, 6.45) is 5.70. The van der Waals surface area contributed by atoms with Gasteiger partial charge in [-0.2, -0.15) is 0 Å². The van der Waals surface area contributed by atoms with Gasteiger partial charge in [-0.25, -0.2) is 0 Å². The Morgan fingerprint density at radius 1 is 1.22 bits per heavy atom. The van der Waals surface area contributed by atoms with Gasteiger partial charge in [-0.15, -0.1) is 0 Å². The van der Waals surface area contributed by atoms with E-state index in [1.807, 2.05) is 0 Å². The van der Waals surface area contributed by atoms with Crippen LogP contribution in [0, 0.1) is 11.8 Å². The van der Waals surface area contributed by atoms with E-state index in [4.69, 9.17) is 9.73 Å². The molecule has 3 rings (SSSR count). The Morgan fingerprint density at radius 2 is 1.96 bits per heavy atom. The highest BCUT2D eigenvalue weighted by molar-refractivity contribution is 5.80. The van der Waals surface area contributed by atoms with Crippen LogP contribution in [0.5, 0.6) is 0 Å². The van der Waals surface area contributed by atoms with E-state index in [1.165, 1.54) is 38.8 Å². The lowest BCUT2D eigenvalue weighted by Crippen LogP contribution is -2.45. The standard InChI is InChI=1S/C18H34N4O/c1-3-19-18(20-8-9-21-10-11-23-14-15(21)2)22-12-16-6-4-5-7-17(16)13-22/h15-17H,3-14H2,1-2H3,(H,19,20). The average molecular weight is 322 g/mol. The summed E-state index contributed by atoms with van der Waals surface area (Å²) < 4.78 is 5.52. The zero-order valence-electron chi connectivity index (χ0n) is 15.0. The van der Waals surface area contributed by atoms with E-state index in [9.17, 15) is 0 Å². The molecule has 3 aliphatic rings. The fraction of sp³-hybridized carbons (Fsp3) is 0.944. The van der Waals surface area contributed by atoms with Gasteiger partial charge in [-0.1, -0.05) is 12.8 Å². The molecule has 1 aliphatic carbocycles. The third kappa shape index (κ3) is 4.38. The predicted molar refractivity (Wildman–Crippen MR) is 94.9 cm³/mol. The summed E-state index contributed by atoms with van der Waals surface area (Å²) in [4.78, 5) is 9.95. The number of nitrogens with one attached hydrogen (secondary N) is 1. The molecule has 2 heterocycles. The molecule has 2 saturated heterocycles. The molecule has 132 valence electrons. The molecule has 0 amide bonds. The molecule has 0 aromatic heterocycles.